The van der Waals surface area contributed by atoms with Crippen molar-refractivity contribution in [3.05, 3.63) is 71.4 Å². The lowest BCUT2D eigenvalue weighted by molar-refractivity contribution is -0.659. The molecule has 0 aliphatic carbocycles. The van der Waals surface area contributed by atoms with Gasteiger partial charge in [0.2, 0.25) is 5.69 Å². The predicted molar refractivity (Wildman–Crippen MR) is 184 cm³/mol. The molecule has 41 heavy (non-hydrogen) atoms. The molecule has 6 rings (SSSR count). The van der Waals surface area contributed by atoms with Crippen molar-refractivity contribution in [2.24, 2.45) is 17.9 Å². The molecule has 0 radical (unpaired) electrons. The van der Waals surface area contributed by atoms with Crippen LogP contribution in [0.3, 0.4) is 0 Å². The first kappa shape index (κ1) is 28.5. The van der Waals surface area contributed by atoms with Crippen LogP contribution in [-0.4, -0.2) is 8.07 Å². The molecule has 0 unspecified atom stereocenters. The van der Waals surface area contributed by atoms with Crippen molar-refractivity contribution in [1.82, 2.24) is 0 Å². The zero-order valence-corrected chi connectivity index (χ0v) is 28.8. The molecule has 0 amide bonds. The standard InChI is InChI=1S/C38H46NSSi/c1-23-28-19-24(21-37(2,3)4)15-16-26(28)29(22-38(5,6)7)36-32(23)35-34-27(17-18-39(35)8)33-25(20-30(34)40-36)13-12-14-31(33)41(9,10)11/h12-20H,21-22H2,1-11H3/q+1. The summed E-state index contributed by atoms with van der Waals surface area (Å²) in [6.07, 6.45) is 4.45. The summed E-state index contributed by atoms with van der Waals surface area (Å²) in [5.74, 6) is 0. The number of fused-ring (bicyclic) bond motifs is 5. The van der Waals surface area contributed by atoms with Gasteiger partial charge >= 0.3 is 0 Å². The Hall–Kier alpha value is -2.62. The number of pyridine rings is 1. The Morgan fingerprint density at radius 1 is 0.780 bits per heavy atom. The Labute approximate surface area is 252 Å². The van der Waals surface area contributed by atoms with Gasteiger partial charge in [-0.1, -0.05) is 115 Å². The van der Waals surface area contributed by atoms with E-state index >= 15 is 0 Å². The zero-order chi connectivity index (χ0) is 29.6. The van der Waals surface area contributed by atoms with Crippen LogP contribution in [-0.2, 0) is 19.9 Å². The van der Waals surface area contributed by atoms with Gasteiger partial charge in [0.05, 0.1) is 19.0 Å². The molecule has 1 aromatic heterocycles. The van der Waals surface area contributed by atoms with Crippen LogP contribution < -0.4 is 9.75 Å². The van der Waals surface area contributed by atoms with E-state index in [0.29, 0.717) is 0 Å². The molecule has 0 saturated heterocycles. The van der Waals surface area contributed by atoms with Gasteiger partial charge in [-0.15, -0.1) is 0 Å². The monoisotopic (exact) mass is 576 g/mol. The van der Waals surface area contributed by atoms with E-state index in [-0.39, 0.29) is 10.8 Å². The Morgan fingerprint density at radius 3 is 2.15 bits per heavy atom. The van der Waals surface area contributed by atoms with E-state index in [4.69, 9.17) is 0 Å². The lowest BCUT2D eigenvalue weighted by Gasteiger charge is -2.29. The topological polar surface area (TPSA) is 3.88 Å². The maximum absolute atomic E-state index is 2.51. The highest BCUT2D eigenvalue weighted by molar-refractivity contribution is 8.00. The third kappa shape index (κ3) is 4.93. The zero-order valence-electron chi connectivity index (χ0n) is 27.0. The van der Waals surface area contributed by atoms with Gasteiger partial charge in [-0.2, -0.15) is 0 Å². The molecule has 0 atom stereocenters. The first-order valence-corrected chi connectivity index (χ1v) is 19.5. The van der Waals surface area contributed by atoms with Crippen LogP contribution in [0.4, 0.5) is 0 Å². The molecule has 1 aliphatic rings. The van der Waals surface area contributed by atoms with Gasteiger partial charge in [0.1, 0.15) is 7.05 Å². The fraction of sp³-hybridized carbons (Fsp3) is 0.395. The Bertz CT molecular complexity index is 1880. The third-order valence-electron chi connectivity index (χ3n) is 8.61. The van der Waals surface area contributed by atoms with Crippen molar-refractivity contribution in [3.63, 3.8) is 0 Å². The first-order chi connectivity index (χ1) is 19.0. The van der Waals surface area contributed by atoms with E-state index in [1.54, 1.807) is 5.19 Å². The van der Waals surface area contributed by atoms with Crippen molar-refractivity contribution >= 4 is 57.3 Å². The molecule has 0 spiro atoms. The summed E-state index contributed by atoms with van der Waals surface area (Å²) in [7, 11) is 0.696. The summed E-state index contributed by atoms with van der Waals surface area (Å²) in [5.41, 5.74) is 7.64. The minimum Gasteiger partial charge on any atom is -0.200 e. The van der Waals surface area contributed by atoms with Crippen LogP contribution >= 0.6 is 11.8 Å². The van der Waals surface area contributed by atoms with E-state index in [1.165, 1.54) is 70.1 Å². The van der Waals surface area contributed by atoms with Gasteiger partial charge in [0.15, 0.2) is 6.20 Å². The third-order valence-corrected chi connectivity index (χ3v) is 11.8. The molecule has 1 aliphatic heterocycles. The quantitative estimate of drug-likeness (QED) is 0.115. The summed E-state index contributed by atoms with van der Waals surface area (Å²) in [5, 5.41) is 10.1. The van der Waals surface area contributed by atoms with Gasteiger partial charge in [0.25, 0.3) is 0 Å². The summed E-state index contributed by atoms with van der Waals surface area (Å²) < 4.78 is 2.39. The molecule has 0 N–H and O–H groups in total. The number of benzene rings is 4. The molecule has 0 bridgehead atoms. The molecule has 3 heteroatoms. The van der Waals surface area contributed by atoms with E-state index in [2.05, 4.69) is 134 Å². The Balaban J connectivity index is 1.77. The van der Waals surface area contributed by atoms with Crippen LogP contribution in [0.1, 0.15) is 58.2 Å². The minimum atomic E-state index is -1.55. The fourth-order valence-electron chi connectivity index (χ4n) is 7.00. The number of hydrogen-bond donors (Lipinski definition) is 0. The van der Waals surface area contributed by atoms with Crippen LogP contribution in [0.25, 0.3) is 43.6 Å². The van der Waals surface area contributed by atoms with Crippen molar-refractivity contribution in [1.29, 1.82) is 0 Å². The van der Waals surface area contributed by atoms with Crippen LogP contribution in [0.5, 0.6) is 0 Å². The van der Waals surface area contributed by atoms with Crippen molar-refractivity contribution in [3.8, 4) is 11.3 Å². The summed E-state index contributed by atoms with van der Waals surface area (Å²) in [4.78, 5) is 2.86. The lowest BCUT2D eigenvalue weighted by atomic mass is 9.81. The molecular weight excluding hydrogens is 531 g/mol. The van der Waals surface area contributed by atoms with Crippen molar-refractivity contribution in [2.45, 2.75) is 90.7 Å². The smallest absolute Gasteiger partial charge is 0.200 e. The molecule has 0 fully saturated rings. The van der Waals surface area contributed by atoms with E-state index < -0.39 is 8.07 Å². The number of nitrogens with zero attached hydrogens (tertiary/aromatic N) is 1. The fourth-order valence-corrected chi connectivity index (χ4v) is 9.99. The van der Waals surface area contributed by atoms with Crippen LogP contribution in [0.15, 0.2) is 64.5 Å². The highest BCUT2D eigenvalue weighted by atomic mass is 32.2. The normalized spacial score (nSPS) is 13.8. The molecule has 4 aromatic carbocycles. The Kier molecular flexibility index (Phi) is 6.56. The maximum atomic E-state index is 2.51. The number of aromatic nitrogens is 1. The summed E-state index contributed by atoms with van der Waals surface area (Å²) in [6.45, 7) is 24.0. The largest absolute Gasteiger partial charge is 0.222 e. The molecule has 2 heterocycles. The van der Waals surface area contributed by atoms with Crippen LogP contribution in [0, 0.1) is 17.8 Å². The molecule has 0 saturated carbocycles. The second-order valence-corrected chi connectivity index (χ2v) is 21.9. The lowest BCUT2D eigenvalue weighted by Crippen LogP contribution is -2.38. The highest BCUT2D eigenvalue weighted by Gasteiger charge is 2.34. The second-order valence-electron chi connectivity index (χ2n) is 15.9. The van der Waals surface area contributed by atoms with Gasteiger partial charge in [-0.3, -0.25) is 0 Å². The van der Waals surface area contributed by atoms with Gasteiger partial charge in [0, 0.05) is 21.2 Å². The van der Waals surface area contributed by atoms with E-state index in [0.717, 1.165) is 12.8 Å². The SMILES string of the molecule is Cc1c2c(c(CC(C)(C)C)c3ccc(CC(C)(C)C)cc13)Sc1cc3cccc([Si](C)(C)C)c3c3cc[n+](C)c-2c13. The average molecular weight is 577 g/mol. The predicted octanol–water partition coefficient (Wildman–Crippen LogP) is 10.1. The number of hydrogen-bond acceptors (Lipinski definition) is 1. The minimum absolute atomic E-state index is 0.185. The first-order valence-electron chi connectivity index (χ1n) is 15.2. The van der Waals surface area contributed by atoms with Crippen LogP contribution in [0.2, 0.25) is 19.6 Å². The second kappa shape index (κ2) is 9.44. The highest BCUT2D eigenvalue weighted by Crippen LogP contribution is 2.53. The van der Waals surface area contributed by atoms with Gasteiger partial charge < -0.3 is 0 Å². The number of aryl methyl sites for hydroxylation is 2. The average Bonchev–Trinajstić information content (AvgIpc) is 2.85. The van der Waals surface area contributed by atoms with E-state index in [1.807, 2.05) is 11.8 Å². The van der Waals surface area contributed by atoms with Gasteiger partial charge in [-0.05, 0) is 74.9 Å². The molecule has 5 aromatic rings. The molecular formula is C38H46NSSi+. The summed E-state index contributed by atoms with van der Waals surface area (Å²) >= 11 is 2.02. The molecule has 212 valence electrons. The Morgan fingerprint density at radius 2 is 1.49 bits per heavy atom. The van der Waals surface area contributed by atoms with E-state index in [9.17, 15) is 0 Å². The maximum Gasteiger partial charge on any atom is 0.222 e. The molecule has 1 nitrogen and oxygen atoms in total. The summed E-state index contributed by atoms with van der Waals surface area (Å²) in [6, 6.07) is 19.2. The van der Waals surface area contributed by atoms with Gasteiger partial charge in [-0.25, -0.2) is 4.57 Å². The number of rotatable bonds is 3. The van der Waals surface area contributed by atoms with Crippen molar-refractivity contribution in [2.75, 3.05) is 0 Å². The van der Waals surface area contributed by atoms with Crippen molar-refractivity contribution < 1.29 is 4.57 Å².